The van der Waals surface area contributed by atoms with Gasteiger partial charge in [-0.25, -0.2) is 21.6 Å². The Morgan fingerprint density at radius 2 is 1.63 bits per heavy atom. The van der Waals surface area contributed by atoms with Crippen molar-refractivity contribution in [1.82, 2.24) is 14.5 Å². The highest BCUT2D eigenvalue weighted by Crippen LogP contribution is 2.20. The molecule has 0 aromatic heterocycles. The molecule has 1 heterocycles. The van der Waals surface area contributed by atoms with Crippen LogP contribution in [0.1, 0.15) is 11.1 Å². The summed E-state index contributed by atoms with van der Waals surface area (Å²) >= 11 is 0. The summed E-state index contributed by atoms with van der Waals surface area (Å²) in [6.45, 7) is 2.92. The van der Waals surface area contributed by atoms with Crippen LogP contribution in [0.3, 0.4) is 0 Å². The Kier molecular flexibility index (Phi) is 6.79. The number of nitrogens with zero attached hydrogens (tertiary/aromatic N) is 2. The molecule has 0 radical (unpaired) electrons. The maximum absolute atomic E-state index is 13.4. The van der Waals surface area contributed by atoms with E-state index in [1.807, 2.05) is 4.90 Å². The van der Waals surface area contributed by atoms with Gasteiger partial charge in [-0.2, -0.15) is 4.31 Å². The molecule has 162 valence electrons. The molecule has 0 unspecified atom stereocenters. The molecule has 30 heavy (non-hydrogen) atoms. The summed E-state index contributed by atoms with van der Waals surface area (Å²) in [5.41, 5.74) is 1.28. The maximum Gasteiger partial charge on any atom is 0.243 e. The number of benzene rings is 2. The molecule has 2 aromatic rings. The van der Waals surface area contributed by atoms with E-state index in [1.165, 1.54) is 10.4 Å². The van der Waals surface area contributed by atoms with Crippen molar-refractivity contribution in [3.8, 4) is 0 Å². The number of carbonyl (C=O) groups is 1. The highest BCUT2D eigenvalue weighted by molar-refractivity contribution is 7.89. The van der Waals surface area contributed by atoms with Crippen molar-refractivity contribution in [3.05, 3.63) is 65.0 Å². The first-order chi connectivity index (χ1) is 14.2. The van der Waals surface area contributed by atoms with Crippen LogP contribution in [0.2, 0.25) is 0 Å². The van der Waals surface area contributed by atoms with Crippen molar-refractivity contribution in [2.45, 2.75) is 18.4 Å². The number of sulfonamides is 1. The van der Waals surface area contributed by atoms with Gasteiger partial charge in [-0.3, -0.25) is 9.69 Å². The summed E-state index contributed by atoms with van der Waals surface area (Å²) in [4.78, 5) is 13.7. The SMILES string of the molecule is Cc1cc(CNC(=O)CN2CCN(S(=O)(=O)c3ccc(F)c(F)c3)CC2)ccc1F. The van der Waals surface area contributed by atoms with E-state index in [-0.39, 0.29) is 42.8 Å². The molecule has 0 saturated carbocycles. The van der Waals surface area contributed by atoms with Crippen LogP contribution < -0.4 is 5.32 Å². The van der Waals surface area contributed by atoms with Crippen molar-refractivity contribution in [1.29, 1.82) is 0 Å². The summed E-state index contributed by atoms with van der Waals surface area (Å²) in [7, 11) is -3.94. The zero-order valence-corrected chi connectivity index (χ0v) is 17.2. The fourth-order valence-electron chi connectivity index (χ4n) is 3.19. The molecule has 0 bridgehead atoms. The molecular formula is C20H22F3N3O3S. The van der Waals surface area contributed by atoms with Crippen molar-refractivity contribution in [3.63, 3.8) is 0 Å². The summed E-state index contributed by atoms with van der Waals surface area (Å²) < 4.78 is 66.1. The van der Waals surface area contributed by atoms with Gasteiger partial charge in [0.2, 0.25) is 15.9 Å². The van der Waals surface area contributed by atoms with E-state index in [2.05, 4.69) is 5.32 Å². The normalized spacial score (nSPS) is 15.9. The third-order valence-electron chi connectivity index (χ3n) is 4.94. The molecule has 2 aromatic carbocycles. The van der Waals surface area contributed by atoms with Crippen LogP contribution in [0.5, 0.6) is 0 Å². The van der Waals surface area contributed by atoms with Crippen LogP contribution in [-0.2, 0) is 21.4 Å². The molecule has 3 rings (SSSR count). The van der Waals surface area contributed by atoms with E-state index < -0.39 is 21.7 Å². The molecule has 1 amide bonds. The van der Waals surface area contributed by atoms with Crippen LogP contribution in [0.4, 0.5) is 13.2 Å². The monoisotopic (exact) mass is 441 g/mol. The molecule has 1 saturated heterocycles. The quantitative estimate of drug-likeness (QED) is 0.745. The fourth-order valence-corrected chi connectivity index (χ4v) is 4.63. The van der Waals surface area contributed by atoms with Gasteiger partial charge in [0.05, 0.1) is 11.4 Å². The summed E-state index contributed by atoms with van der Waals surface area (Å²) in [6, 6.07) is 7.10. The Labute approximate surface area is 173 Å². The number of amides is 1. The lowest BCUT2D eigenvalue weighted by molar-refractivity contribution is -0.122. The fraction of sp³-hybridized carbons (Fsp3) is 0.350. The molecule has 1 aliphatic rings. The molecular weight excluding hydrogens is 419 g/mol. The Balaban J connectivity index is 1.50. The number of hydrogen-bond donors (Lipinski definition) is 1. The molecule has 1 aliphatic heterocycles. The zero-order chi connectivity index (χ0) is 21.9. The topological polar surface area (TPSA) is 69.7 Å². The van der Waals surface area contributed by atoms with E-state index >= 15 is 0 Å². The summed E-state index contributed by atoms with van der Waals surface area (Å²) in [6.07, 6.45) is 0. The molecule has 1 fully saturated rings. The van der Waals surface area contributed by atoms with Gasteiger partial charge >= 0.3 is 0 Å². The van der Waals surface area contributed by atoms with Crippen LogP contribution in [-0.4, -0.2) is 56.3 Å². The largest absolute Gasteiger partial charge is 0.351 e. The van der Waals surface area contributed by atoms with Crippen LogP contribution in [0.15, 0.2) is 41.3 Å². The first-order valence-electron chi connectivity index (χ1n) is 9.36. The molecule has 6 nitrogen and oxygen atoms in total. The van der Waals surface area contributed by atoms with Crippen molar-refractivity contribution >= 4 is 15.9 Å². The third kappa shape index (κ3) is 5.18. The Morgan fingerprint density at radius 1 is 0.967 bits per heavy atom. The van der Waals surface area contributed by atoms with Crippen molar-refractivity contribution in [2.75, 3.05) is 32.7 Å². The zero-order valence-electron chi connectivity index (χ0n) is 16.4. The van der Waals surface area contributed by atoms with E-state index in [0.717, 1.165) is 17.7 Å². The second kappa shape index (κ2) is 9.15. The van der Waals surface area contributed by atoms with E-state index in [9.17, 15) is 26.4 Å². The minimum absolute atomic E-state index is 0.0965. The second-order valence-electron chi connectivity index (χ2n) is 7.12. The smallest absolute Gasteiger partial charge is 0.243 e. The maximum atomic E-state index is 13.4. The highest BCUT2D eigenvalue weighted by atomic mass is 32.2. The van der Waals surface area contributed by atoms with Crippen LogP contribution in [0, 0.1) is 24.4 Å². The van der Waals surface area contributed by atoms with Crippen molar-refractivity contribution in [2.24, 2.45) is 0 Å². The predicted octanol–water partition coefficient (Wildman–Crippen LogP) is 2.04. The molecule has 1 N–H and O–H groups in total. The number of rotatable bonds is 6. The number of nitrogens with one attached hydrogen (secondary N) is 1. The van der Waals surface area contributed by atoms with Gasteiger partial charge in [-0.1, -0.05) is 12.1 Å². The first kappa shape index (κ1) is 22.3. The lowest BCUT2D eigenvalue weighted by Gasteiger charge is -2.33. The lowest BCUT2D eigenvalue weighted by atomic mass is 10.1. The highest BCUT2D eigenvalue weighted by Gasteiger charge is 2.29. The Bertz CT molecular complexity index is 1040. The summed E-state index contributed by atoms with van der Waals surface area (Å²) in [5, 5.41) is 2.76. The van der Waals surface area contributed by atoms with Gasteiger partial charge in [-0.15, -0.1) is 0 Å². The molecule has 0 atom stereocenters. The number of hydrogen-bond acceptors (Lipinski definition) is 4. The number of piperazine rings is 1. The lowest BCUT2D eigenvalue weighted by Crippen LogP contribution is -2.51. The number of halogens is 3. The predicted molar refractivity (Wildman–Crippen MR) is 105 cm³/mol. The van der Waals surface area contributed by atoms with Gasteiger partial charge in [0, 0.05) is 32.7 Å². The van der Waals surface area contributed by atoms with Gasteiger partial charge in [-0.05, 0) is 42.3 Å². The van der Waals surface area contributed by atoms with Crippen molar-refractivity contribution < 1.29 is 26.4 Å². The first-order valence-corrected chi connectivity index (χ1v) is 10.8. The van der Waals surface area contributed by atoms with E-state index in [1.54, 1.807) is 19.1 Å². The third-order valence-corrected chi connectivity index (χ3v) is 6.83. The van der Waals surface area contributed by atoms with Gasteiger partial charge in [0.15, 0.2) is 11.6 Å². The Hall–Kier alpha value is -2.43. The average Bonchev–Trinajstić information content (AvgIpc) is 2.71. The standard InChI is InChI=1S/C20H22F3N3O3S/c1-14-10-15(2-4-17(14)21)12-24-20(27)13-25-6-8-26(9-7-25)30(28,29)16-3-5-18(22)19(23)11-16/h2-5,10-11H,6-9,12-13H2,1H3,(H,24,27). The van der Waals surface area contributed by atoms with E-state index in [4.69, 9.17) is 0 Å². The average molecular weight is 441 g/mol. The Morgan fingerprint density at radius 3 is 2.27 bits per heavy atom. The minimum atomic E-state index is -3.94. The van der Waals surface area contributed by atoms with Gasteiger partial charge < -0.3 is 5.32 Å². The number of aryl methyl sites for hydroxylation is 1. The second-order valence-corrected chi connectivity index (χ2v) is 9.05. The van der Waals surface area contributed by atoms with E-state index in [0.29, 0.717) is 24.7 Å². The van der Waals surface area contributed by atoms with Gasteiger partial charge in [0.1, 0.15) is 5.82 Å². The van der Waals surface area contributed by atoms with Crippen LogP contribution >= 0.6 is 0 Å². The molecule has 0 spiro atoms. The molecule has 10 heteroatoms. The molecule has 0 aliphatic carbocycles. The van der Waals surface area contributed by atoms with Gasteiger partial charge in [0.25, 0.3) is 0 Å². The minimum Gasteiger partial charge on any atom is -0.351 e. The number of carbonyl (C=O) groups excluding carboxylic acids is 1. The summed E-state index contributed by atoms with van der Waals surface area (Å²) in [5.74, 6) is -2.86. The van der Waals surface area contributed by atoms with Crippen LogP contribution in [0.25, 0.3) is 0 Å².